The van der Waals surface area contributed by atoms with E-state index in [1.54, 1.807) is 12.1 Å². The largest absolute Gasteiger partial charge is 0.829 e. The number of carbonyl (C=O) groups is 1. The van der Waals surface area contributed by atoms with Crippen LogP contribution in [0.2, 0.25) is 10.0 Å². The van der Waals surface area contributed by atoms with Gasteiger partial charge in [-0.1, -0.05) is 43.1 Å². The summed E-state index contributed by atoms with van der Waals surface area (Å²) >= 11 is 11.9. The fourth-order valence-corrected chi connectivity index (χ4v) is 2.09. The van der Waals surface area contributed by atoms with Gasteiger partial charge in [-0.05, 0) is 17.9 Å². The van der Waals surface area contributed by atoms with Gasteiger partial charge in [0.05, 0.1) is 19.6 Å². The molecule has 0 heterocycles. The Bertz CT molecular complexity index is 454. The van der Waals surface area contributed by atoms with E-state index >= 15 is 0 Å². The zero-order valence-electron chi connectivity index (χ0n) is 10.9. The molecule has 1 aromatic carbocycles. The zero-order chi connectivity index (χ0) is 14.6. The molecule has 1 atom stereocenters. The Hall–Kier alpha value is -0.810. The lowest BCUT2D eigenvalue weighted by atomic mass is 10.1. The second-order valence-electron chi connectivity index (χ2n) is 4.45. The highest BCUT2D eigenvalue weighted by molar-refractivity contribution is 6.35. The lowest BCUT2D eigenvalue weighted by molar-refractivity contribution is -0.549. The summed E-state index contributed by atoms with van der Waals surface area (Å²) in [5.74, 6) is -2.14. The third-order valence-electron chi connectivity index (χ3n) is 2.32. The molecule has 0 aliphatic heterocycles. The van der Waals surface area contributed by atoms with Crippen LogP contribution in [-0.2, 0) is 14.3 Å². The summed E-state index contributed by atoms with van der Waals surface area (Å²) in [4.78, 5) is 11.4. The number of halogens is 2. The molecule has 0 aromatic heterocycles. The molecule has 0 unspecified atom stereocenters. The third-order valence-corrected chi connectivity index (χ3v) is 2.88. The van der Waals surface area contributed by atoms with Crippen molar-refractivity contribution in [1.82, 2.24) is 0 Å². The molecule has 0 radical (unpaired) electrons. The fourth-order valence-electron chi connectivity index (χ4n) is 1.56. The van der Waals surface area contributed by atoms with Crippen molar-refractivity contribution in [3.05, 3.63) is 33.8 Å². The Labute approximate surface area is 122 Å². The smallest absolute Gasteiger partial charge is 0.308 e. The highest BCUT2D eigenvalue weighted by Gasteiger charge is 2.22. The Morgan fingerprint density at radius 2 is 2.05 bits per heavy atom. The van der Waals surface area contributed by atoms with Gasteiger partial charge < -0.3 is 14.6 Å². The highest BCUT2D eigenvalue weighted by atomic mass is 35.5. The maximum absolute atomic E-state index is 11.7. The molecule has 106 valence electrons. The molecular weight excluding hydrogens is 291 g/mol. The van der Waals surface area contributed by atoms with E-state index in [1.165, 1.54) is 27.0 Å². The average Bonchev–Trinajstić information content (AvgIpc) is 2.26. The summed E-state index contributed by atoms with van der Waals surface area (Å²) in [5, 5.41) is 12.5. The number of benzene rings is 1. The topological polar surface area (TPSA) is 58.6 Å². The molecule has 6 heteroatoms. The molecule has 19 heavy (non-hydrogen) atoms. The van der Waals surface area contributed by atoms with Gasteiger partial charge in [-0.2, -0.15) is 0 Å². The molecule has 1 aromatic rings. The Kier molecular flexibility index (Phi) is 5.62. The number of hydrogen-bond acceptors (Lipinski definition) is 4. The van der Waals surface area contributed by atoms with Crippen molar-refractivity contribution in [2.24, 2.45) is 0 Å². The molecule has 0 fully saturated rings. The van der Waals surface area contributed by atoms with Gasteiger partial charge in [-0.15, -0.1) is 0 Å². The van der Waals surface area contributed by atoms with Gasteiger partial charge in [0.1, 0.15) is 0 Å². The number of rotatable bonds is 5. The van der Waals surface area contributed by atoms with E-state index in [0.29, 0.717) is 15.6 Å². The molecule has 0 amide bonds. The molecule has 0 aliphatic rings. The molecule has 0 N–H and O–H groups in total. The van der Waals surface area contributed by atoms with Crippen molar-refractivity contribution in [2.75, 3.05) is 7.11 Å². The lowest BCUT2D eigenvalue weighted by Gasteiger charge is -2.36. The highest BCUT2D eigenvalue weighted by Crippen LogP contribution is 2.32. The van der Waals surface area contributed by atoms with Crippen molar-refractivity contribution in [1.29, 1.82) is 0 Å². The van der Waals surface area contributed by atoms with Gasteiger partial charge in [0.25, 0.3) is 0 Å². The number of carbonyl (C=O) groups excluding carboxylic acids is 1. The SMILES string of the molecule is COC(=O)C[C@@H](OC(C)(C)[O-])c1ccc(Cl)cc1Cl. The van der Waals surface area contributed by atoms with Crippen LogP contribution in [0.1, 0.15) is 31.9 Å². The van der Waals surface area contributed by atoms with Crippen molar-refractivity contribution in [3.8, 4) is 0 Å². The Morgan fingerprint density at radius 1 is 1.42 bits per heavy atom. The molecule has 4 nitrogen and oxygen atoms in total. The van der Waals surface area contributed by atoms with E-state index in [0.717, 1.165) is 0 Å². The van der Waals surface area contributed by atoms with Gasteiger partial charge in [-0.25, -0.2) is 0 Å². The van der Waals surface area contributed by atoms with Crippen LogP contribution in [0.25, 0.3) is 0 Å². The van der Waals surface area contributed by atoms with Gasteiger partial charge in [0.15, 0.2) is 0 Å². The van der Waals surface area contributed by atoms with Gasteiger partial charge in [-0.3, -0.25) is 4.79 Å². The quantitative estimate of drug-likeness (QED) is 0.620. The maximum atomic E-state index is 11.7. The van der Waals surface area contributed by atoms with Crippen LogP contribution < -0.4 is 5.11 Å². The minimum atomic E-state index is -1.65. The van der Waals surface area contributed by atoms with Gasteiger partial charge >= 0.3 is 5.97 Å². The van der Waals surface area contributed by atoms with E-state index < -0.39 is 17.9 Å². The van der Waals surface area contributed by atoms with Gasteiger partial charge in [0.2, 0.25) is 0 Å². The minimum absolute atomic E-state index is 0.0937. The first-order valence-corrected chi connectivity index (χ1v) is 6.38. The summed E-state index contributed by atoms with van der Waals surface area (Å²) in [6.45, 7) is 2.72. The predicted molar refractivity (Wildman–Crippen MR) is 71.0 cm³/mol. The first-order valence-electron chi connectivity index (χ1n) is 5.63. The molecule has 0 saturated carbocycles. The Balaban J connectivity index is 3.04. The minimum Gasteiger partial charge on any atom is -0.829 e. The summed E-state index contributed by atoms with van der Waals surface area (Å²) in [6.07, 6.45) is -0.867. The zero-order valence-corrected chi connectivity index (χ0v) is 12.4. The first-order chi connectivity index (χ1) is 8.73. The average molecular weight is 306 g/mol. The molecule has 1 rings (SSSR count). The van der Waals surface area contributed by atoms with Crippen LogP contribution in [0, 0.1) is 0 Å². The molecular formula is C13H15Cl2O4-. The van der Waals surface area contributed by atoms with Crippen LogP contribution in [-0.4, -0.2) is 18.9 Å². The Morgan fingerprint density at radius 3 is 2.53 bits per heavy atom. The fraction of sp³-hybridized carbons (Fsp3) is 0.462. The normalized spacial score (nSPS) is 13.2. The van der Waals surface area contributed by atoms with Crippen molar-refractivity contribution in [3.63, 3.8) is 0 Å². The van der Waals surface area contributed by atoms with E-state index in [9.17, 15) is 9.90 Å². The summed E-state index contributed by atoms with van der Waals surface area (Å²) in [5.41, 5.74) is 0.528. The van der Waals surface area contributed by atoms with Crippen molar-refractivity contribution < 1.29 is 19.4 Å². The number of esters is 1. The predicted octanol–water partition coefficient (Wildman–Crippen LogP) is 2.71. The maximum Gasteiger partial charge on any atom is 0.308 e. The lowest BCUT2D eigenvalue weighted by Crippen LogP contribution is -2.41. The second kappa shape index (κ2) is 6.57. The van der Waals surface area contributed by atoms with Crippen LogP contribution in [0.5, 0.6) is 0 Å². The number of hydrogen-bond donors (Lipinski definition) is 0. The monoisotopic (exact) mass is 305 g/mol. The van der Waals surface area contributed by atoms with E-state index in [4.69, 9.17) is 27.9 Å². The second-order valence-corrected chi connectivity index (χ2v) is 5.30. The van der Waals surface area contributed by atoms with E-state index in [1.807, 2.05) is 0 Å². The molecule has 0 bridgehead atoms. The van der Waals surface area contributed by atoms with Crippen LogP contribution >= 0.6 is 23.2 Å². The van der Waals surface area contributed by atoms with E-state index in [-0.39, 0.29) is 6.42 Å². The standard InChI is InChI=1S/C13H15Cl2O4/c1-13(2,17)19-11(7-12(16)18-3)9-5-4-8(14)6-10(9)15/h4-6,11H,7H2,1-3H3/q-1/t11-/m1/s1. The van der Waals surface area contributed by atoms with Crippen molar-refractivity contribution in [2.45, 2.75) is 32.2 Å². The van der Waals surface area contributed by atoms with Crippen LogP contribution in [0.3, 0.4) is 0 Å². The summed E-state index contributed by atoms with van der Waals surface area (Å²) in [6, 6.07) is 4.78. The number of methoxy groups -OCH3 is 1. The first kappa shape index (κ1) is 16.2. The number of ether oxygens (including phenoxy) is 2. The molecule has 0 aliphatic carbocycles. The molecule has 0 saturated heterocycles. The van der Waals surface area contributed by atoms with E-state index in [2.05, 4.69) is 4.74 Å². The third kappa shape index (κ3) is 5.37. The van der Waals surface area contributed by atoms with Crippen LogP contribution in [0.15, 0.2) is 18.2 Å². The van der Waals surface area contributed by atoms with Crippen molar-refractivity contribution >= 4 is 29.2 Å². The van der Waals surface area contributed by atoms with Gasteiger partial charge in [0, 0.05) is 15.6 Å². The summed E-state index contributed by atoms with van der Waals surface area (Å²) in [7, 11) is 1.27. The summed E-state index contributed by atoms with van der Waals surface area (Å²) < 4.78 is 9.92. The van der Waals surface area contributed by atoms with Crippen LogP contribution in [0.4, 0.5) is 0 Å². The molecule has 0 spiro atoms.